The van der Waals surface area contributed by atoms with E-state index in [0.29, 0.717) is 18.8 Å². The molecule has 0 spiro atoms. The molecule has 0 radical (unpaired) electrons. The molecule has 268 valence electrons. The third kappa shape index (κ3) is 5.59. The summed E-state index contributed by atoms with van der Waals surface area (Å²) in [6, 6.07) is 4.43. The number of nitrogens with one attached hydrogen (secondary N) is 1. The Morgan fingerprint density at radius 1 is 1.24 bits per heavy atom. The highest BCUT2D eigenvalue weighted by atomic mass is 35.5. The zero-order valence-electron chi connectivity index (χ0n) is 28.5. The van der Waals surface area contributed by atoms with Gasteiger partial charge in [-0.3, -0.25) is 10.2 Å². The Hall–Kier alpha value is -4.06. The van der Waals surface area contributed by atoms with Crippen LogP contribution in [0, 0.1) is 23.0 Å². The van der Waals surface area contributed by atoms with Crippen molar-refractivity contribution in [1.82, 2.24) is 14.9 Å². The van der Waals surface area contributed by atoms with Crippen LogP contribution in [-0.2, 0) is 4.74 Å². The normalized spacial score (nSPS) is 24.3. The molecule has 3 fully saturated rings. The summed E-state index contributed by atoms with van der Waals surface area (Å²) in [6.45, 7) is 6.35. The summed E-state index contributed by atoms with van der Waals surface area (Å²) in [5.41, 5.74) is -1.54. The lowest BCUT2D eigenvalue weighted by Crippen LogP contribution is -2.43. The fourth-order valence-corrected chi connectivity index (χ4v) is 9.71. The first kappa shape index (κ1) is 34.0. The molecular formula is C36H36ClF3N6O4S. The second-order valence-electron chi connectivity index (χ2n) is 14.9. The number of halogens is 4. The Kier molecular flexibility index (Phi) is 8.20. The Bertz CT molecular complexity index is 2150. The van der Waals surface area contributed by atoms with E-state index in [0.717, 1.165) is 56.1 Å². The highest BCUT2D eigenvalue weighted by Gasteiger charge is 2.49. The summed E-state index contributed by atoms with van der Waals surface area (Å²) in [7, 11) is 1.88. The second-order valence-corrected chi connectivity index (χ2v) is 16.3. The van der Waals surface area contributed by atoms with Crippen LogP contribution in [0.25, 0.3) is 32.1 Å². The second kappa shape index (κ2) is 12.3. The predicted molar refractivity (Wildman–Crippen MR) is 189 cm³/mol. The van der Waals surface area contributed by atoms with Crippen molar-refractivity contribution in [3.63, 3.8) is 0 Å². The zero-order chi connectivity index (χ0) is 36.0. The molecule has 4 aromatic rings. The summed E-state index contributed by atoms with van der Waals surface area (Å²) < 4.78 is 65.5. The van der Waals surface area contributed by atoms with Gasteiger partial charge in [0.15, 0.2) is 11.6 Å². The van der Waals surface area contributed by atoms with Crippen molar-refractivity contribution >= 4 is 60.8 Å². The van der Waals surface area contributed by atoms with Gasteiger partial charge in [0.05, 0.1) is 32.3 Å². The Morgan fingerprint density at radius 2 is 2.04 bits per heavy atom. The van der Waals surface area contributed by atoms with Gasteiger partial charge in [-0.25, -0.2) is 18.0 Å². The molecular weight excluding hydrogens is 705 g/mol. The minimum Gasteiger partial charge on any atom is -0.486 e. The van der Waals surface area contributed by atoms with Gasteiger partial charge in [-0.2, -0.15) is 15.2 Å². The molecule has 2 aromatic carbocycles. The molecule has 4 atom stereocenters. The number of amides is 1. The molecule has 1 saturated carbocycles. The maximum Gasteiger partial charge on any atom is 0.412 e. The molecule has 2 unspecified atom stereocenters. The number of ether oxygens (including phenoxy) is 3. The molecule has 2 aromatic heterocycles. The number of anilines is 2. The number of likely N-dealkylation sites (N-methyl/N-ethyl adjacent to an activating group) is 1. The van der Waals surface area contributed by atoms with Crippen molar-refractivity contribution in [2.45, 2.75) is 88.8 Å². The number of fused-ring (bicyclic) bond motifs is 3. The lowest BCUT2D eigenvalue weighted by Gasteiger charge is -2.31. The number of carbonyl (C=O) groups excluding carboxylic acids is 1. The zero-order valence-corrected chi connectivity index (χ0v) is 30.1. The standard InChI is InChI=1S/C36H36ClF3N6O4S/c1-35(2,3)50-34(47)44-32-19(14-41)23-18(9-10-20(39)30(23)51-32)24-26(37)29-25-28(27(24)40)42-33(43-31(25)45(4)21-7-5-8-22(21)49-29)48-16-36-11-6-12-46(36)15-17(38)13-36/h9-10,17,21-22H,5-8,11-13,15-16H2,1-4H3,(H,44,47)/t17-,21?,22?,36+/m1/s1. The molecule has 10 nitrogen and oxygen atoms in total. The van der Waals surface area contributed by atoms with Crippen molar-refractivity contribution in [3.8, 4) is 29.0 Å². The van der Waals surface area contributed by atoms with E-state index in [9.17, 15) is 14.4 Å². The van der Waals surface area contributed by atoms with E-state index in [4.69, 9.17) is 30.8 Å². The van der Waals surface area contributed by atoms with Gasteiger partial charge in [0.1, 0.15) is 52.7 Å². The number of benzene rings is 2. The van der Waals surface area contributed by atoms with Gasteiger partial charge in [0, 0.05) is 31.0 Å². The molecule has 8 rings (SSSR count). The smallest absolute Gasteiger partial charge is 0.412 e. The predicted octanol–water partition coefficient (Wildman–Crippen LogP) is 8.37. The molecule has 15 heteroatoms. The van der Waals surface area contributed by atoms with Crippen molar-refractivity contribution < 1.29 is 32.2 Å². The summed E-state index contributed by atoms with van der Waals surface area (Å²) >= 11 is 7.96. The molecule has 1 amide bonds. The van der Waals surface area contributed by atoms with Gasteiger partial charge in [-0.1, -0.05) is 17.7 Å². The largest absolute Gasteiger partial charge is 0.486 e. The van der Waals surface area contributed by atoms with Gasteiger partial charge in [0.25, 0.3) is 0 Å². The first-order chi connectivity index (χ1) is 24.3. The molecule has 4 aliphatic rings. The van der Waals surface area contributed by atoms with Crippen LogP contribution in [0.3, 0.4) is 0 Å². The molecule has 51 heavy (non-hydrogen) atoms. The van der Waals surface area contributed by atoms with Crippen LogP contribution in [0.4, 0.5) is 28.8 Å². The van der Waals surface area contributed by atoms with Gasteiger partial charge in [-0.15, -0.1) is 11.3 Å². The summed E-state index contributed by atoms with van der Waals surface area (Å²) in [5.74, 6) is -0.937. The number of hydrogen-bond donors (Lipinski definition) is 1. The fraction of sp³-hybridized carbons (Fsp3) is 0.500. The molecule has 0 bridgehead atoms. The Labute approximate surface area is 301 Å². The molecule has 2 saturated heterocycles. The average molecular weight is 741 g/mol. The van der Waals surface area contributed by atoms with E-state index in [1.54, 1.807) is 20.8 Å². The highest BCUT2D eigenvalue weighted by Crippen LogP contribution is 2.53. The summed E-state index contributed by atoms with van der Waals surface area (Å²) in [4.78, 5) is 26.2. The van der Waals surface area contributed by atoms with Gasteiger partial charge in [-0.05, 0) is 71.0 Å². The van der Waals surface area contributed by atoms with E-state index in [1.807, 2.05) is 11.9 Å². The lowest BCUT2D eigenvalue weighted by molar-refractivity contribution is 0.0636. The first-order valence-corrected chi connectivity index (χ1v) is 18.3. The molecule has 5 heterocycles. The topological polar surface area (TPSA) is 113 Å². The third-order valence-corrected chi connectivity index (χ3v) is 12.0. The van der Waals surface area contributed by atoms with Crippen LogP contribution in [0.5, 0.6) is 11.8 Å². The lowest BCUT2D eigenvalue weighted by atomic mass is 9.95. The van der Waals surface area contributed by atoms with Crippen LogP contribution in [0.2, 0.25) is 5.02 Å². The minimum absolute atomic E-state index is 0.0172. The van der Waals surface area contributed by atoms with Crippen molar-refractivity contribution in [2.75, 3.05) is 37.0 Å². The third-order valence-electron chi connectivity index (χ3n) is 10.5. The first-order valence-electron chi connectivity index (χ1n) is 17.1. The molecule has 1 N–H and O–H groups in total. The van der Waals surface area contributed by atoms with Crippen LogP contribution < -0.4 is 19.7 Å². The van der Waals surface area contributed by atoms with Crippen LogP contribution in [0.1, 0.15) is 64.9 Å². The number of nitrogens with zero attached hydrogens (tertiary/aromatic N) is 5. The number of carbonyl (C=O) groups is 1. The van der Waals surface area contributed by atoms with Crippen molar-refractivity contribution in [1.29, 1.82) is 5.26 Å². The van der Waals surface area contributed by atoms with Crippen molar-refractivity contribution in [3.05, 3.63) is 34.4 Å². The number of alkyl halides is 1. The van der Waals surface area contributed by atoms with Crippen molar-refractivity contribution in [2.24, 2.45) is 0 Å². The summed E-state index contributed by atoms with van der Waals surface area (Å²) in [6.07, 6.45) is 2.42. The van der Waals surface area contributed by atoms with Crippen LogP contribution in [0.15, 0.2) is 12.1 Å². The fourth-order valence-electron chi connectivity index (χ4n) is 8.32. The summed E-state index contributed by atoms with van der Waals surface area (Å²) in [5, 5.41) is 13.2. The van der Waals surface area contributed by atoms with E-state index < -0.39 is 35.0 Å². The van der Waals surface area contributed by atoms with Gasteiger partial charge in [0.2, 0.25) is 0 Å². The SMILES string of the molecule is CN1c2nc(OC[C@@]34CCCN3C[C@H](F)C4)nc3c(F)c(-c4ccc(F)c5sc(NC(=O)OC(C)(C)C)c(C#N)c45)c(Cl)c(c23)OC2CCCC21. The molecule has 1 aliphatic carbocycles. The molecule has 3 aliphatic heterocycles. The monoisotopic (exact) mass is 740 g/mol. The number of rotatable bonds is 5. The van der Waals surface area contributed by atoms with Gasteiger partial charge >= 0.3 is 12.1 Å². The maximum atomic E-state index is 17.3. The van der Waals surface area contributed by atoms with Crippen LogP contribution in [-0.4, -0.2) is 77.2 Å². The van der Waals surface area contributed by atoms with E-state index in [-0.39, 0.29) is 78.2 Å². The number of thiophene rings is 1. The number of nitriles is 1. The quantitative estimate of drug-likeness (QED) is 0.216. The highest BCUT2D eigenvalue weighted by molar-refractivity contribution is 7.23. The van der Waals surface area contributed by atoms with Gasteiger partial charge < -0.3 is 19.1 Å². The number of aromatic nitrogens is 2. The number of hydrogen-bond acceptors (Lipinski definition) is 10. The van der Waals surface area contributed by atoms with E-state index >= 15 is 8.78 Å². The van der Waals surface area contributed by atoms with Crippen LogP contribution >= 0.6 is 22.9 Å². The van der Waals surface area contributed by atoms with E-state index in [1.165, 1.54) is 6.07 Å². The Morgan fingerprint density at radius 3 is 2.80 bits per heavy atom. The Balaban J connectivity index is 1.31. The maximum absolute atomic E-state index is 17.3. The minimum atomic E-state index is -0.953. The average Bonchev–Trinajstić information content (AvgIpc) is 3.82. The van der Waals surface area contributed by atoms with E-state index in [2.05, 4.69) is 21.3 Å².